The van der Waals surface area contributed by atoms with Gasteiger partial charge in [-0.25, -0.2) is 0 Å². The van der Waals surface area contributed by atoms with E-state index in [2.05, 4.69) is 70.1 Å². The smallest absolute Gasteiger partial charge is 0.0451 e. The Hall–Kier alpha value is -0.860. The van der Waals surface area contributed by atoms with Crippen molar-refractivity contribution in [3.63, 3.8) is 0 Å². The highest BCUT2D eigenvalue weighted by molar-refractivity contribution is 5.33. The Bertz CT molecular complexity index is 398. The zero-order valence-corrected chi connectivity index (χ0v) is 14.2. The second kappa shape index (κ2) is 8.43. The molecule has 0 amide bonds. The summed E-state index contributed by atoms with van der Waals surface area (Å²) < 4.78 is 0. The average molecular weight is 276 g/mol. The molecule has 0 radical (unpaired) electrons. The van der Waals surface area contributed by atoms with Gasteiger partial charge in [0.2, 0.25) is 0 Å². The fraction of sp³-hybridized carbons (Fsp3) is 0.667. The van der Waals surface area contributed by atoms with Gasteiger partial charge in [0.25, 0.3) is 0 Å². The third kappa shape index (κ3) is 5.64. The van der Waals surface area contributed by atoms with Gasteiger partial charge in [0.1, 0.15) is 0 Å². The van der Waals surface area contributed by atoms with Crippen LogP contribution in [0.25, 0.3) is 0 Å². The molecule has 0 spiro atoms. The van der Waals surface area contributed by atoms with Crippen LogP contribution in [0.3, 0.4) is 0 Å². The van der Waals surface area contributed by atoms with E-state index < -0.39 is 0 Å². The van der Waals surface area contributed by atoms with Crippen LogP contribution in [-0.4, -0.2) is 31.6 Å². The maximum Gasteiger partial charge on any atom is 0.0451 e. The number of hydrogen-bond donors (Lipinski definition) is 1. The fourth-order valence-corrected chi connectivity index (χ4v) is 2.62. The molecule has 0 aromatic heterocycles. The van der Waals surface area contributed by atoms with Gasteiger partial charge in [0.05, 0.1) is 0 Å². The van der Waals surface area contributed by atoms with Crippen LogP contribution in [0.4, 0.5) is 0 Å². The van der Waals surface area contributed by atoms with Crippen molar-refractivity contribution in [3.8, 4) is 0 Å². The Morgan fingerprint density at radius 2 is 1.90 bits per heavy atom. The summed E-state index contributed by atoms with van der Waals surface area (Å²) in [5.41, 5.74) is 4.18. The summed E-state index contributed by atoms with van der Waals surface area (Å²) >= 11 is 0. The fourth-order valence-electron chi connectivity index (χ4n) is 2.62. The van der Waals surface area contributed by atoms with Crippen molar-refractivity contribution >= 4 is 0 Å². The van der Waals surface area contributed by atoms with E-state index in [0.717, 1.165) is 19.0 Å². The molecule has 1 unspecified atom stereocenters. The van der Waals surface area contributed by atoms with E-state index in [0.29, 0.717) is 6.04 Å². The topological polar surface area (TPSA) is 15.3 Å². The van der Waals surface area contributed by atoms with Gasteiger partial charge in [-0.2, -0.15) is 0 Å². The molecule has 0 saturated heterocycles. The molecule has 2 heteroatoms. The van der Waals surface area contributed by atoms with Gasteiger partial charge < -0.3 is 10.2 Å². The molecule has 1 aromatic carbocycles. The van der Waals surface area contributed by atoms with Crippen molar-refractivity contribution in [2.45, 2.75) is 47.1 Å². The summed E-state index contributed by atoms with van der Waals surface area (Å²) in [5.74, 6) is 0.774. The minimum atomic E-state index is 0.428. The largest absolute Gasteiger partial charge is 0.309 e. The Labute approximate surface area is 125 Å². The lowest BCUT2D eigenvalue weighted by molar-refractivity contribution is 0.275. The molecule has 0 bridgehead atoms. The van der Waals surface area contributed by atoms with Crippen LogP contribution >= 0.6 is 0 Å². The number of nitrogens with zero attached hydrogens (tertiary/aromatic N) is 1. The number of aryl methyl sites for hydroxylation is 2. The second-order valence-corrected chi connectivity index (χ2v) is 6.42. The van der Waals surface area contributed by atoms with Crippen molar-refractivity contribution in [3.05, 3.63) is 34.9 Å². The third-order valence-corrected chi connectivity index (χ3v) is 3.83. The van der Waals surface area contributed by atoms with E-state index in [1.54, 1.807) is 0 Å². The predicted molar refractivity (Wildman–Crippen MR) is 89.3 cm³/mol. The maximum atomic E-state index is 3.64. The first-order chi connectivity index (χ1) is 9.43. The molecule has 0 aliphatic rings. The van der Waals surface area contributed by atoms with E-state index in [4.69, 9.17) is 0 Å². The Balaban J connectivity index is 2.72. The minimum Gasteiger partial charge on any atom is -0.309 e. The van der Waals surface area contributed by atoms with Gasteiger partial charge in [-0.1, -0.05) is 44.5 Å². The highest BCUT2D eigenvalue weighted by Gasteiger charge is 2.15. The summed E-state index contributed by atoms with van der Waals surface area (Å²) in [6, 6.07) is 7.22. The quantitative estimate of drug-likeness (QED) is 0.774. The van der Waals surface area contributed by atoms with Crippen LogP contribution in [0.5, 0.6) is 0 Å². The molecule has 0 fully saturated rings. The van der Waals surface area contributed by atoms with Gasteiger partial charge >= 0.3 is 0 Å². The van der Waals surface area contributed by atoms with Crippen LogP contribution in [0, 0.1) is 19.8 Å². The lowest BCUT2D eigenvalue weighted by Crippen LogP contribution is -2.34. The van der Waals surface area contributed by atoms with Crippen LogP contribution in [0.15, 0.2) is 18.2 Å². The normalized spacial score (nSPS) is 13.2. The first-order valence-corrected chi connectivity index (χ1v) is 7.93. The number of benzene rings is 1. The lowest BCUT2D eigenvalue weighted by Gasteiger charge is -2.27. The molecule has 2 nitrogen and oxygen atoms in total. The molecule has 1 aromatic rings. The third-order valence-electron chi connectivity index (χ3n) is 3.83. The van der Waals surface area contributed by atoms with Gasteiger partial charge in [-0.05, 0) is 57.5 Å². The van der Waals surface area contributed by atoms with E-state index >= 15 is 0 Å². The van der Waals surface area contributed by atoms with Crippen molar-refractivity contribution < 1.29 is 0 Å². The molecule has 114 valence electrons. The zero-order valence-electron chi connectivity index (χ0n) is 14.2. The maximum absolute atomic E-state index is 3.64. The van der Waals surface area contributed by atoms with Gasteiger partial charge in [-0.15, -0.1) is 0 Å². The van der Waals surface area contributed by atoms with Gasteiger partial charge in [0, 0.05) is 12.6 Å². The summed E-state index contributed by atoms with van der Waals surface area (Å²) in [6.07, 6.45) is 1.27. The highest BCUT2D eigenvalue weighted by Crippen LogP contribution is 2.20. The molecule has 0 aliphatic heterocycles. The molecule has 1 rings (SSSR count). The predicted octanol–water partition coefficient (Wildman–Crippen LogP) is 3.93. The van der Waals surface area contributed by atoms with Crippen molar-refractivity contribution in [2.24, 2.45) is 5.92 Å². The molecular formula is C18H32N2. The first kappa shape index (κ1) is 17.2. The first-order valence-electron chi connectivity index (χ1n) is 7.93. The molecule has 1 atom stereocenters. The minimum absolute atomic E-state index is 0.428. The van der Waals surface area contributed by atoms with E-state index in [1.807, 2.05) is 0 Å². The number of rotatable bonds is 8. The molecule has 0 saturated carbocycles. The van der Waals surface area contributed by atoms with Crippen molar-refractivity contribution in [1.29, 1.82) is 0 Å². The number of hydrogen-bond acceptors (Lipinski definition) is 2. The van der Waals surface area contributed by atoms with Gasteiger partial charge in [-0.3, -0.25) is 0 Å². The molecule has 1 N–H and O–H groups in total. The zero-order chi connectivity index (χ0) is 15.1. The highest BCUT2D eigenvalue weighted by atomic mass is 15.1. The van der Waals surface area contributed by atoms with Crippen molar-refractivity contribution in [2.75, 3.05) is 26.7 Å². The standard InChI is InChI=1S/C18H32N2/c1-7-19-18(13-20(6)11-10-14(2)3)17-9-8-15(4)12-16(17)5/h8-9,12,14,18-19H,7,10-11,13H2,1-6H3. The molecule has 0 aliphatic carbocycles. The molecular weight excluding hydrogens is 244 g/mol. The van der Waals surface area contributed by atoms with Crippen LogP contribution in [0.2, 0.25) is 0 Å². The second-order valence-electron chi connectivity index (χ2n) is 6.42. The van der Waals surface area contributed by atoms with Crippen molar-refractivity contribution in [1.82, 2.24) is 10.2 Å². The van der Waals surface area contributed by atoms with E-state index in [1.165, 1.54) is 29.7 Å². The summed E-state index contributed by atoms with van der Waals surface area (Å²) in [5, 5.41) is 3.64. The van der Waals surface area contributed by atoms with Crippen LogP contribution in [-0.2, 0) is 0 Å². The lowest BCUT2D eigenvalue weighted by atomic mass is 9.98. The average Bonchev–Trinajstić information content (AvgIpc) is 2.36. The molecule has 20 heavy (non-hydrogen) atoms. The number of likely N-dealkylation sites (N-methyl/N-ethyl adjacent to an activating group) is 2. The Kier molecular flexibility index (Phi) is 7.25. The molecule has 0 heterocycles. The summed E-state index contributed by atoms with van der Waals surface area (Å²) in [7, 11) is 2.23. The van der Waals surface area contributed by atoms with E-state index in [-0.39, 0.29) is 0 Å². The van der Waals surface area contributed by atoms with Crippen LogP contribution in [0.1, 0.15) is 49.9 Å². The summed E-state index contributed by atoms with van der Waals surface area (Å²) in [4.78, 5) is 2.45. The Morgan fingerprint density at radius 3 is 2.45 bits per heavy atom. The van der Waals surface area contributed by atoms with E-state index in [9.17, 15) is 0 Å². The van der Waals surface area contributed by atoms with Gasteiger partial charge in [0.15, 0.2) is 0 Å². The summed E-state index contributed by atoms with van der Waals surface area (Å²) in [6.45, 7) is 14.4. The van der Waals surface area contributed by atoms with Crippen LogP contribution < -0.4 is 5.32 Å². The monoisotopic (exact) mass is 276 g/mol. The number of nitrogens with one attached hydrogen (secondary N) is 1. The Morgan fingerprint density at radius 1 is 1.20 bits per heavy atom. The SMILES string of the molecule is CCNC(CN(C)CCC(C)C)c1ccc(C)cc1C.